The highest BCUT2D eigenvalue weighted by atomic mass is 32.2. The molecule has 0 aromatic heterocycles. The smallest absolute Gasteiger partial charge is 0.321 e. The molecule has 0 aliphatic carbocycles. The van der Waals surface area contributed by atoms with E-state index in [-0.39, 0.29) is 12.1 Å². The molecule has 21 heavy (non-hydrogen) atoms. The first-order chi connectivity index (χ1) is 10.1. The molecule has 1 fully saturated rings. The Kier molecular flexibility index (Phi) is 5.94. The van der Waals surface area contributed by atoms with Crippen molar-refractivity contribution in [1.29, 1.82) is 0 Å². The van der Waals surface area contributed by atoms with E-state index in [2.05, 4.69) is 12.2 Å². The Morgan fingerprint density at radius 1 is 1.57 bits per heavy atom. The number of anilines is 1. The number of hydrogen-bond acceptors (Lipinski definition) is 3. The zero-order valence-corrected chi connectivity index (χ0v) is 13.8. The van der Waals surface area contributed by atoms with Crippen LogP contribution in [0.25, 0.3) is 0 Å². The van der Waals surface area contributed by atoms with E-state index in [9.17, 15) is 4.79 Å². The minimum Gasteiger partial charge on any atom is -0.377 e. The van der Waals surface area contributed by atoms with Gasteiger partial charge in [0.15, 0.2) is 0 Å². The first-order valence-corrected chi connectivity index (χ1v) is 8.49. The largest absolute Gasteiger partial charge is 0.377 e. The van der Waals surface area contributed by atoms with Crippen LogP contribution in [-0.2, 0) is 4.74 Å². The fourth-order valence-corrected chi connectivity index (χ4v) is 3.54. The molecule has 1 saturated heterocycles. The van der Waals surface area contributed by atoms with E-state index in [1.165, 1.54) is 0 Å². The Labute approximate surface area is 131 Å². The predicted molar refractivity (Wildman–Crippen MR) is 89.0 cm³/mol. The monoisotopic (exact) mass is 308 g/mol. The van der Waals surface area contributed by atoms with Gasteiger partial charge in [0.1, 0.15) is 0 Å². The summed E-state index contributed by atoms with van der Waals surface area (Å²) >= 11 is 1.96. The van der Waals surface area contributed by atoms with Crippen LogP contribution in [0.5, 0.6) is 0 Å². The van der Waals surface area contributed by atoms with Crippen LogP contribution in [0.3, 0.4) is 0 Å². The standard InChI is InChI=1S/C16H24N2O2S/c1-4-15-11-18(8-9-21-15)16(19)17-14-7-5-6-13(10-14)12(2)20-3/h5-7,10,12,15H,4,8-9,11H2,1-3H3,(H,17,19)/t12-,15+/m0/s1. The zero-order valence-electron chi connectivity index (χ0n) is 13.0. The summed E-state index contributed by atoms with van der Waals surface area (Å²) in [4.78, 5) is 14.3. The van der Waals surface area contributed by atoms with Crippen molar-refractivity contribution in [3.63, 3.8) is 0 Å². The summed E-state index contributed by atoms with van der Waals surface area (Å²) in [6.07, 6.45) is 1.13. The normalized spacial score (nSPS) is 20.1. The molecule has 1 aliphatic rings. The Morgan fingerprint density at radius 3 is 3.10 bits per heavy atom. The third-order valence-corrected chi connectivity index (χ3v) is 5.21. The van der Waals surface area contributed by atoms with E-state index in [4.69, 9.17) is 4.74 Å². The van der Waals surface area contributed by atoms with Gasteiger partial charge < -0.3 is 15.0 Å². The molecule has 1 aromatic rings. The number of carbonyl (C=O) groups is 1. The van der Waals surface area contributed by atoms with E-state index < -0.39 is 0 Å². The van der Waals surface area contributed by atoms with Gasteiger partial charge in [-0.2, -0.15) is 11.8 Å². The maximum Gasteiger partial charge on any atom is 0.321 e. The SMILES string of the molecule is CC[C@@H]1CN(C(=O)Nc2cccc([C@H](C)OC)c2)CCS1. The van der Waals surface area contributed by atoms with Gasteiger partial charge in [-0.05, 0) is 31.0 Å². The molecular weight excluding hydrogens is 284 g/mol. The van der Waals surface area contributed by atoms with Crippen LogP contribution in [-0.4, -0.2) is 42.1 Å². The van der Waals surface area contributed by atoms with Gasteiger partial charge in [0.25, 0.3) is 0 Å². The van der Waals surface area contributed by atoms with Crippen LogP contribution < -0.4 is 5.32 Å². The van der Waals surface area contributed by atoms with E-state index in [0.29, 0.717) is 5.25 Å². The molecule has 116 valence electrons. The number of benzene rings is 1. The number of rotatable bonds is 4. The molecule has 2 atom stereocenters. The zero-order chi connectivity index (χ0) is 15.2. The van der Waals surface area contributed by atoms with E-state index in [0.717, 1.165) is 36.5 Å². The molecule has 1 aromatic carbocycles. The van der Waals surface area contributed by atoms with Gasteiger partial charge in [-0.3, -0.25) is 0 Å². The van der Waals surface area contributed by atoms with Gasteiger partial charge in [0.05, 0.1) is 6.10 Å². The summed E-state index contributed by atoms with van der Waals surface area (Å²) in [7, 11) is 1.69. The van der Waals surface area contributed by atoms with Gasteiger partial charge >= 0.3 is 6.03 Å². The van der Waals surface area contributed by atoms with Gasteiger partial charge in [-0.15, -0.1) is 0 Å². The molecule has 1 heterocycles. The second-order valence-electron chi connectivity index (χ2n) is 5.28. The summed E-state index contributed by atoms with van der Waals surface area (Å²) in [6, 6.07) is 7.84. The fraction of sp³-hybridized carbons (Fsp3) is 0.562. The quantitative estimate of drug-likeness (QED) is 0.921. The highest BCUT2D eigenvalue weighted by Gasteiger charge is 2.23. The second-order valence-corrected chi connectivity index (χ2v) is 6.69. The molecule has 1 aliphatic heterocycles. The lowest BCUT2D eigenvalue weighted by Gasteiger charge is -2.32. The Bertz CT molecular complexity index is 481. The number of hydrogen-bond donors (Lipinski definition) is 1. The Balaban J connectivity index is 1.99. The van der Waals surface area contributed by atoms with Crippen molar-refractivity contribution in [2.45, 2.75) is 31.6 Å². The minimum atomic E-state index is -0.00373. The van der Waals surface area contributed by atoms with Crippen molar-refractivity contribution < 1.29 is 9.53 Å². The van der Waals surface area contributed by atoms with Crippen LogP contribution >= 0.6 is 11.8 Å². The van der Waals surface area contributed by atoms with Crippen LogP contribution in [0, 0.1) is 0 Å². The fourth-order valence-electron chi connectivity index (χ4n) is 2.36. The summed E-state index contributed by atoms with van der Waals surface area (Å²) in [5.41, 5.74) is 1.89. The number of carbonyl (C=O) groups excluding carboxylic acids is 1. The third kappa shape index (κ3) is 4.38. The molecule has 0 saturated carbocycles. The molecule has 0 spiro atoms. The number of nitrogens with one attached hydrogen (secondary N) is 1. The van der Waals surface area contributed by atoms with Crippen molar-refractivity contribution in [1.82, 2.24) is 4.90 Å². The highest BCUT2D eigenvalue weighted by Crippen LogP contribution is 2.23. The topological polar surface area (TPSA) is 41.6 Å². The maximum absolute atomic E-state index is 12.4. The van der Waals surface area contributed by atoms with Crippen molar-refractivity contribution >= 4 is 23.5 Å². The number of methoxy groups -OCH3 is 1. The summed E-state index contributed by atoms with van der Waals surface area (Å²) in [6.45, 7) is 5.83. The van der Waals surface area contributed by atoms with Gasteiger partial charge in [0.2, 0.25) is 0 Å². The number of thioether (sulfide) groups is 1. The Morgan fingerprint density at radius 2 is 2.38 bits per heavy atom. The summed E-state index contributed by atoms with van der Waals surface area (Å²) < 4.78 is 5.32. The van der Waals surface area contributed by atoms with Crippen LogP contribution in [0.15, 0.2) is 24.3 Å². The van der Waals surface area contributed by atoms with Crippen molar-refractivity contribution in [3.05, 3.63) is 29.8 Å². The number of urea groups is 1. The molecule has 2 amide bonds. The second kappa shape index (κ2) is 7.71. The molecule has 5 heteroatoms. The van der Waals surface area contributed by atoms with Crippen molar-refractivity contribution in [3.8, 4) is 0 Å². The van der Waals surface area contributed by atoms with Crippen LogP contribution in [0.1, 0.15) is 31.9 Å². The van der Waals surface area contributed by atoms with E-state index in [1.807, 2.05) is 47.9 Å². The summed E-state index contributed by atoms with van der Waals surface area (Å²) in [5.74, 6) is 1.02. The van der Waals surface area contributed by atoms with Crippen molar-refractivity contribution in [2.75, 3.05) is 31.3 Å². The Hall–Kier alpha value is -1.20. The number of nitrogens with zero attached hydrogens (tertiary/aromatic N) is 1. The molecule has 0 radical (unpaired) electrons. The average molecular weight is 308 g/mol. The highest BCUT2D eigenvalue weighted by molar-refractivity contribution is 8.00. The molecule has 4 nitrogen and oxygen atoms in total. The maximum atomic E-state index is 12.4. The van der Waals surface area contributed by atoms with Crippen LogP contribution in [0.4, 0.5) is 10.5 Å². The lowest BCUT2D eigenvalue weighted by Crippen LogP contribution is -2.43. The van der Waals surface area contributed by atoms with Crippen LogP contribution in [0.2, 0.25) is 0 Å². The van der Waals surface area contributed by atoms with Gasteiger partial charge in [0, 0.05) is 36.9 Å². The lowest BCUT2D eigenvalue weighted by atomic mass is 10.1. The number of ether oxygens (including phenoxy) is 1. The third-order valence-electron chi connectivity index (χ3n) is 3.84. The van der Waals surface area contributed by atoms with Crippen molar-refractivity contribution in [2.24, 2.45) is 0 Å². The summed E-state index contributed by atoms with van der Waals surface area (Å²) in [5, 5.41) is 3.56. The minimum absolute atomic E-state index is 0.00373. The average Bonchev–Trinajstić information content (AvgIpc) is 2.54. The predicted octanol–water partition coefficient (Wildman–Crippen LogP) is 3.75. The lowest BCUT2D eigenvalue weighted by molar-refractivity contribution is 0.119. The first kappa shape index (κ1) is 16.2. The molecule has 0 bridgehead atoms. The molecular formula is C16H24N2O2S. The molecule has 1 N–H and O–H groups in total. The van der Waals surface area contributed by atoms with Gasteiger partial charge in [-0.25, -0.2) is 4.79 Å². The first-order valence-electron chi connectivity index (χ1n) is 7.44. The molecule has 2 rings (SSSR count). The number of amides is 2. The van der Waals surface area contributed by atoms with E-state index >= 15 is 0 Å². The van der Waals surface area contributed by atoms with E-state index in [1.54, 1.807) is 7.11 Å². The molecule has 0 unspecified atom stereocenters. The van der Waals surface area contributed by atoms with Gasteiger partial charge in [-0.1, -0.05) is 19.1 Å².